The van der Waals surface area contributed by atoms with Crippen LogP contribution in [0.1, 0.15) is 22.3 Å². The van der Waals surface area contributed by atoms with E-state index < -0.39 is 5.41 Å². The highest BCUT2D eigenvalue weighted by atomic mass is 19.1. The summed E-state index contributed by atoms with van der Waals surface area (Å²) < 4.78 is 21.9. The predicted octanol–water partition coefficient (Wildman–Crippen LogP) is 14.9. The fourth-order valence-electron chi connectivity index (χ4n) is 9.95. The zero-order chi connectivity index (χ0) is 38.4. The van der Waals surface area contributed by atoms with Crippen LogP contribution >= 0.6 is 0 Å². The van der Waals surface area contributed by atoms with E-state index in [1.54, 1.807) is 12.1 Å². The lowest BCUT2D eigenvalue weighted by atomic mass is 9.70. The average molecular weight is 744 g/mol. The number of para-hydroxylation sites is 2. The van der Waals surface area contributed by atoms with Crippen LogP contribution in [0.2, 0.25) is 0 Å². The van der Waals surface area contributed by atoms with Gasteiger partial charge in [0.2, 0.25) is 0 Å². The van der Waals surface area contributed by atoms with E-state index in [1.165, 1.54) is 16.7 Å². The molecule has 0 saturated heterocycles. The molecule has 0 N–H and O–H groups in total. The van der Waals surface area contributed by atoms with Gasteiger partial charge in [0.05, 0.1) is 11.1 Å². The van der Waals surface area contributed by atoms with Gasteiger partial charge in [-0.3, -0.25) is 0 Å². The van der Waals surface area contributed by atoms with Crippen LogP contribution in [0.4, 0.5) is 21.5 Å². The van der Waals surface area contributed by atoms with Crippen molar-refractivity contribution in [3.8, 4) is 44.5 Å². The van der Waals surface area contributed by atoms with Crippen molar-refractivity contribution in [2.24, 2.45) is 0 Å². The fraction of sp³-hybridized carbons (Fsp3) is 0.0182. The van der Waals surface area contributed by atoms with E-state index in [0.717, 1.165) is 89.1 Å². The summed E-state index contributed by atoms with van der Waals surface area (Å²) in [7, 11) is 0. The van der Waals surface area contributed by atoms with Gasteiger partial charge in [0.15, 0.2) is 0 Å². The Morgan fingerprint density at radius 2 is 0.966 bits per heavy atom. The van der Waals surface area contributed by atoms with Crippen LogP contribution in [-0.2, 0) is 5.41 Å². The smallest absolute Gasteiger partial charge is 0.143 e. The molecule has 3 heteroatoms. The topological polar surface area (TPSA) is 16.4 Å². The van der Waals surface area contributed by atoms with Crippen LogP contribution in [0.15, 0.2) is 211 Å². The number of halogens is 1. The number of furan rings is 1. The van der Waals surface area contributed by atoms with Crippen molar-refractivity contribution in [3.05, 3.63) is 234 Å². The molecule has 0 fully saturated rings. The van der Waals surface area contributed by atoms with Crippen molar-refractivity contribution in [3.63, 3.8) is 0 Å². The van der Waals surface area contributed by atoms with Crippen LogP contribution in [0.25, 0.3) is 66.4 Å². The molecule has 0 aliphatic heterocycles. The van der Waals surface area contributed by atoms with Gasteiger partial charge in [-0.05, 0) is 104 Å². The van der Waals surface area contributed by atoms with Gasteiger partial charge in [0.25, 0.3) is 0 Å². The van der Waals surface area contributed by atoms with Crippen molar-refractivity contribution in [1.29, 1.82) is 0 Å². The van der Waals surface area contributed by atoms with E-state index in [-0.39, 0.29) is 5.82 Å². The molecule has 58 heavy (non-hydrogen) atoms. The first-order valence-corrected chi connectivity index (χ1v) is 19.8. The van der Waals surface area contributed by atoms with E-state index in [9.17, 15) is 0 Å². The second-order valence-corrected chi connectivity index (χ2v) is 15.3. The maximum absolute atomic E-state index is 15.5. The van der Waals surface area contributed by atoms with Gasteiger partial charge in [0.1, 0.15) is 17.0 Å². The fourth-order valence-corrected chi connectivity index (χ4v) is 9.95. The highest BCUT2D eigenvalue weighted by molar-refractivity contribution is 6.09. The van der Waals surface area contributed by atoms with Gasteiger partial charge in [-0.1, -0.05) is 158 Å². The summed E-state index contributed by atoms with van der Waals surface area (Å²) >= 11 is 0. The molecule has 272 valence electrons. The SMILES string of the molecule is Fc1ccc2c(c1)C1(c3ccccc3-2)c2ccccc2-c2c(N(c3ccc(-c4ccccc4)cc3)c3ccc(-c4cccc5c4oc4ccccc45)cc3)cccc21. The minimum Gasteiger partial charge on any atom is -0.455 e. The number of hydrogen-bond donors (Lipinski definition) is 0. The van der Waals surface area contributed by atoms with E-state index in [0.29, 0.717) is 0 Å². The Labute approximate surface area is 335 Å². The minimum absolute atomic E-state index is 0.230. The van der Waals surface area contributed by atoms with Crippen molar-refractivity contribution in [2.45, 2.75) is 5.41 Å². The van der Waals surface area contributed by atoms with Crippen molar-refractivity contribution in [1.82, 2.24) is 0 Å². The molecule has 0 bridgehead atoms. The Bertz CT molecular complexity index is 3240. The molecule has 0 saturated carbocycles. The molecule has 1 aromatic heterocycles. The summed E-state index contributed by atoms with van der Waals surface area (Å²) in [5, 5.41) is 2.23. The molecule has 1 unspecified atom stereocenters. The van der Waals surface area contributed by atoms with Crippen LogP contribution < -0.4 is 4.90 Å². The zero-order valence-electron chi connectivity index (χ0n) is 31.4. The average Bonchev–Trinajstić information content (AvgIpc) is 3.92. The molecular formula is C55H34FNO. The number of anilines is 3. The highest BCUT2D eigenvalue weighted by Crippen LogP contribution is 2.64. The lowest BCUT2D eigenvalue weighted by Crippen LogP contribution is -2.26. The molecule has 0 amide bonds. The molecule has 2 nitrogen and oxygen atoms in total. The number of hydrogen-bond acceptors (Lipinski definition) is 2. The predicted molar refractivity (Wildman–Crippen MR) is 236 cm³/mol. The molecular weight excluding hydrogens is 710 g/mol. The number of benzene rings is 9. The standard InChI is InChI=1S/C55H34FNO/c56-38-28-33-43-42-14-4-7-19-47(42)55(50(43)34-38)48-20-8-5-16-46(48)53-49(55)21-11-22-51(53)57(39-29-24-36(25-30-39)35-12-2-1-3-13-35)40-31-26-37(27-32-40)41-17-10-18-45-44-15-6-9-23-52(44)58-54(41)45/h1-34H. The third-order valence-corrected chi connectivity index (χ3v) is 12.4. The molecule has 12 rings (SSSR count). The second kappa shape index (κ2) is 12.5. The monoisotopic (exact) mass is 743 g/mol. The van der Waals surface area contributed by atoms with Crippen molar-refractivity contribution in [2.75, 3.05) is 4.90 Å². The largest absolute Gasteiger partial charge is 0.455 e. The summed E-state index contributed by atoms with van der Waals surface area (Å²) in [6, 6.07) is 72.1. The van der Waals surface area contributed by atoms with Gasteiger partial charge in [-0.15, -0.1) is 0 Å². The van der Waals surface area contributed by atoms with Crippen LogP contribution in [0.5, 0.6) is 0 Å². The van der Waals surface area contributed by atoms with E-state index in [1.807, 2.05) is 24.3 Å². The molecule has 9 aromatic carbocycles. The quantitative estimate of drug-likeness (QED) is 0.175. The summed E-state index contributed by atoms with van der Waals surface area (Å²) in [5.41, 5.74) is 17.7. The van der Waals surface area contributed by atoms with Crippen LogP contribution in [-0.4, -0.2) is 0 Å². The summed E-state index contributed by atoms with van der Waals surface area (Å²) in [5.74, 6) is -0.230. The lowest BCUT2D eigenvalue weighted by Gasteiger charge is -2.32. The van der Waals surface area contributed by atoms with E-state index in [2.05, 4.69) is 175 Å². The normalized spacial score (nSPS) is 14.7. The van der Waals surface area contributed by atoms with Crippen LogP contribution in [0.3, 0.4) is 0 Å². The Morgan fingerprint density at radius 3 is 1.76 bits per heavy atom. The summed E-state index contributed by atoms with van der Waals surface area (Å²) in [6.07, 6.45) is 0. The summed E-state index contributed by atoms with van der Waals surface area (Å²) in [6.45, 7) is 0. The molecule has 2 aliphatic rings. The Hall–Kier alpha value is -7.49. The van der Waals surface area contributed by atoms with Gasteiger partial charge in [-0.2, -0.15) is 0 Å². The maximum atomic E-state index is 15.5. The van der Waals surface area contributed by atoms with E-state index >= 15 is 4.39 Å². The first kappa shape index (κ1) is 32.7. The Balaban J connectivity index is 1.08. The minimum atomic E-state index is -0.673. The zero-order valence-corrected chi connectivity index (χ0v) is 31.4. The maximum Gasteiger partial charge on any atom is 0.143 e. The highest BCUT2D eigenvalue weighted by Gasteiger charge is 2.52. The second-order valence-electron chi connectivity index (χ2n) is 15.3. The third kappa shape index (κ3) is 4.59. The molecule has 1 heterocycles. The van der Waals surface area contributed by atoms with Crippen molar-refractivity contribution >= 4 is 39.0 Å². The van der Waals surface area contributed by atoms with E-state index in [4.69, 9.17) is 4.42 Å². The number of rotatable bonds is 5. The lowest BCUT2D eigenvalue weighted by molar-refractivity contribution is 0.622. The summed E-state index contributed by atoms with van der Waals surface area (Å²) in [4.78, 5) is 2.38. The molecule has 1 atom stereocenters. The first-order valence-electron chi connectivity index (χ1n) is 19.8. The third-order valence-electron chi connectivity index (χ3n) is 12.4. The van der Waals surface area contributed by atoms with Gasteiger partial charge >= 0.3 is 0 Å². The van der Waals surface area contributed by atoms with Gasteiger partial charge in [0, 0.05) is 33.3 Å². The van der Waals surface area contributed by atoms with Gasteiger partial charge < -0.3 is 9.32 Å². The van der Waals surface area contributed by atoms with Crippen LogP contribution in [0, 0.1) is 5.82 Å². The Morgan fingerprint density at radius 1 is 0.397 bits per heavy atom. The molecule has 10 aromatic rings. The number of fused-ring (bicyclic) bond motifs is 13. The van der Waals surface area contributed by atoms with Gasteiger partial charge in [-0.25, -0.2) is 4.39 Å². The van der Waals surface area contributed by atoms with Crippen molar-refractivity contribution < 1.29 is 8.81 Å². The number of nitrogens with zero attached hydrogens (tertiary/aromatic N) is 1. The molecule has 1 spiro atoms. The Kier molecular flexibility index (Phi) is 7.06. The molecule has 0 radical (unpaired) electrons. The molecule has 2 aliphatic carbocycles. The first-order chi connectivity index (χ1) is 28.7.